The molecule has 82 valence electrons. The first-order chi connectivity index (χ1) is 6.29. The molecule has 4 heteroatoms. The molecule has 0 unspecified atom stereocenters. The Morgan fingerprint density at radius 2 is 1.86 bits per heavy atom. The molecule has 0 aliphatic carbocycles. The van der Waals surface area contributed by atoms with Crippen LogP contribution in [0.3, 0.4) is 0 Å². The normalized spacial score (nSPS) is 13.5. The highest BCUT2D eigenvalue weighted by atomic mass is 16.5. The maximum Gasteiger partial charge on any atom is 0.305 e. The Balaban J connectivity index is 4.03. The fraction of sp³-hybridized carbons (Fsp3) is 0.800. The average Bonchev–Trinajstić information content (AvgIpc) is 2.10. The van der Waals surface area contributed by atoms with Crippen LogP contribution in [0.2, 0.25) is 0 Å². The molecule has 0 aromatic heterocycles. The lowest BCUT2D eigenvalue weighted by Crippen LogP contribution is -2.39. The van der Waals surface area contributed by atoms with Gasteiger partial charge in [-0.15, -0.1) is 0 Å². The van der Waals surface area contributed by atoms with Crippen LogP contribution in [-0.2, 0) is 14.3 Å². The van der Waals surface area contributed by atoms with E-state index in [1.165, 1.54) is 7.11 Å². The minimum atomic E-state index is -0.575. The molecule has 2 N–H and O–H groups in total. The van der Waals surface area contributed by atoms with Crippen LogP contribution >= 0.6 is 0 Å². The van der Waals surface area contributed by atoms with E-state index in [0.29, 0.717) is 6.42 Å². The van der Waals surface area contributed by atoms with E-state index in [2.05, 4.69) is 4.74 Å². The van der Waals surface area contributed by atoms with Gasteiger partial charge in [-0.05, 0) is 6.42 Å². The second kappa shape index (κ2) is 5.10. The van der Waals surface area contributed by atoms with Crippen molar-refractivity contribution < 1.29 is 14.3 Å². The third kappa shape index (κ3) is 4.37. The summed E-state index contributed by atoms with van der Waals surface area (Å²) in [5, 5.41) is 0. The number of Topliss-reactive ketones (excluding diaryl/α,β-unsaturated/α-hetero) is 1. The molecule has 0 radical (unpaired) electrons. The maximum atomic E-state index is 11.6. The van der Waals surface area contributed by atoms with Crippen molar-refractivity contribution in [2.45, 2.75) is 39.7 Å². The minimum Gasteiger partial charge on any atom is -0.469 e. The van der Waals surface area contributed by atoms with Crippen molar-refractivity contribution in [2.75, 3.05) is 7.11 Å². The van der Waals surface area contributed by atoms with Crippen molar-refractivity contribution in [3.8, 4) is 0 Å². The lowest BCUT2D eigenvalue weighted by Gasteiger charge is -2.21. The Morgan fingerprint density at radius 3 is 2.21 bits per heavy atom. The summed E-state index contributed by atoms with van der Waals surface area (Å²) < 4.78 is 4.46. The predicted molar refractivity (Wildman–Crippen MR) is 53.7 cm³/mol. The number of hydrogen-bond acceptors (Lipinski definition) is 4. The van der Waals surface area contributed by atoms with Crippen molar-refractivity contribution in [3.05, 3.63) is 0 Å². The number of hydrogen-bond donors (Lipinski definition) is 1. The van der Waals surface area contributed by atoms with Crippen LogP contribution in [0.4, 0.5) is 0 Å². The summed E-state index contributed by atoms with van der Waals surface area (Å²) in [6.07, 6.45) is 0.544. The number of rotatable bonds is 4. The Bertz CT molecular complexity index is 218. The van der Waals surface area contributed by atoms with Gasteiger partial charge in [0.2, 0.25) is 0 Å². The molecular formula is C10H19NO3. The quantitative estimate of drug-likeness (QED) is 0.685. The zero-order valence-electron chi connectivity index (χ0n) is 9.29. The van der Waals surface area contributed by atoms with E-state index in [9.17, 15) is 9.59 Å². The summed E-state index contributed by atoms with van der Waals surface area (Å²) in [6, 6.07) is -0.575. The van der Waals surface area contributed by atoms with Gasteiger partial charge in [0.25, 0.3) is 0 Å². The summed E-state index contributed by atoms with van der Waals surface area (Å²) in [7, 11) is 1.32. The molecule has 14 heavy (non-hydrogen) atoms. The van der Waals surface area contributed by atoms with Gasteiger partial charge in [0.15, 0.2) is 5.78 Å². The standard InChI is InChI=1S/C10H19NO3/c1-10(2,3)9(13)7(11)5-6-8(12)14-4/h7H,5-6,11H2,1-4H3/t7-/m0/s1. The SMILES string of the molecule is COC(=O)CC[C@H](N)C(=O)C(C)(C)C. The van der Waals surface area contributed by atoms with Gasteiger partial charge in [0, 0.05) is 11.8 Å². The molecule has 0 aliphatic rings. The lowest BCUT2D eigenvalue weighted by atomic mass is 9.85. The molecular weight excluding hydrogens is 182 g/mol. The zero-order valence-corrected chi connectivity index (χ0v) is 9.29. The van der Waals surface area contributed by atoms with Crippen LogP contribution < -0.4 is 5.73 Å². The van der Waals surface area contributed by atoms with Gasteiger partial charge in [-0.25, -0.2) is 0 Å². The van der Waals surface area contributed by atoms with Crippen molar-refractivity contribution >= 4 is 11.8 Å². The van der Waals surface area contributed by atoms with Crippen molar-refractivity contribution in [1.29, 1.82) is 0 Å². The van der Waals surface area contributed by atoms with Crippen LogP contribution in [-0.4, -0.2) is 24.9 Å². The predicted octanol–water partition coefficient (Wildman–Crippen LogP) is 0.882. The van der Waals surface area contributed by atoms with Gasteiger partial charge in [0.1, 0.15) is 0 Å². The van der Waals surface area contributed by atoms with E-state index < -0.39 is 11.5 Å². The lowest BCUT2D eigenvalue weighted by molar-refractivity contribution is -0.141. The maximum absolute atomic E-state index is 11.6. The second-order valence-electron chi connectivity index (χ2n) is 4.34. The Labute approximate surface area is 84.8 Å². The van der Waals surface area contributed by atoms with E-state index in [1.807, 2.05) is 20.8 Å². The van der Waals surface area contributed by atoms with Crippen LogP contribution in [0.25, 0.3) is 0 Å². The highest BCUT2D eigenvalue weighted by Crippen LogP contribution is 2.17. The number of carbonyl (C=O) groups excluding carboxylic acids is 2. The number of nitrogens with two attached hydrogens (primary N) is 1. The summed E-state index contributed by atoms with van der Waals surface area (Å²) in [6.45, 7) is 5.44. The molecule has 0 heterocycles. The Morgan fingerprint density at radius 1 is 1.36 bits per heavy atom. The Hall–Kier alpha value is -0.900. The molecule has 0 aromatic rings. The summed E-state index contributed by atoms with van der Waals surface area (Å²) in [5.74, 6) is -0.358. The van der Waals surface area contributed by atoms with Crippen molar-refractivity contribution in [3.63, 3.8) is 0 Å². The topological polar surface area (TPSA) is 69.4 Å². The van der Waals surface area contributed by atoms with Gasteiger partial charge < -0.3 is 10.5 Å². The minimum absolute atomic E-state index is 0.0265. The first-order valence-electron chi connectivity index (χ1n) is 4.65. The smallest absolute Gasteiger partial charge is 0.305 e. The highest BCUT2D eigenvalue weighted by Gasteiger charge is 2.27. The molecule has 0 saturated heterocycles. The van der Waals surface area contributed by atoms with E-state index in [0.717, 1.165) is 0 Å². The molecule has 0 aromatic carbocycles. The van der Waals surface area contributed by atoms with Gasteiger partial charge in [-0.1, -0.05) is 20.8 Å². The largest absolute Gasteiger partial charge is 0.469 e. The molecule has 0 bridgehead atoms. The van der Waals surface area contributed by atoms with Gasteiger partial charge in [-0.3, -0.25) is 9.59 Å². The van der Waals surface area contributed by atoms with E-state index in [1.54, 1.807) is 0 Å². The summed E-state index contributed by atoms with van der Waals surface area (Å²) in [5.41, 5.74) is 5.20. The van der Waals surface area contributed by atoms with E-state index in [4.69, 9.17) is 5.73 Å². The number of methoxy groups -OCH3 is 1. The van der Waals surface area contributed by atoms with Crippen LogP contribution in [0.5, 0.6) is 0 Å². The van der Waals surface area contributed by atoms with Gasteiger partial charge >= 0.3 is 5.97 Å². The molecule has 4 nitrogen and oxygen atoms in total. The first kappa shape index (κ1) is 13.1. The number of carbonyl (C=O) groups is 2. The first-order valence-corrected chi connectivity index (χ1v) is 4.65. The van der Waals surface area contributed by atoms with E-state index >= 15 is 0 Å². The fourth-order valence-corrected chi connectivity index (χ4v) is 1.06. The van der Waals surface area contributed by atoms with Crippen molar-refractivity contribution in [1.82, 2.24) is 0 Å². The highest BCUT2D eigenvalue weighted by molar-refractivity contribution is 5.88. The molecule has 0 saturated carbocycles. The summed E-state index contributed by atoms with van der Waals surface area (Å²) in [4.78, 5) is 22.4. The van der Waals surface area contributed by atoms with Crippen LogP contribution in [0.15, 0.2) is 0 Å². The average molecular weight is 201 g/mol. The third-order valence-corrected chi connectivity index (χ3v) is 1.96. The molecule has 0 amide bonds. The number of ketones is 1. The molecule has 0 aliphatic heterocycles. The van der Waals surface area contributed by atoms with E-state index in [-0.39, 0.29) is 18.2 Å². The third-order valence-electron chi connectivity index (χ3n) is 1.96. The molecule has 1 atom stereocenters. The fourth-order valence-electron chi connectivity index (χ4n) is 1.06. The van der Waals surface area contributed by atoms with Crippen molar-refractivity contribution in [2.24, 2.45) is 11.1 Å². The molecule has 0 spiro atoms. The van der Waals surface area contributed by atoms with Gasteiger partial charge in [-0.2, -0.15) is 0 Å². The second-order valence-corrected chi connectivity index (χ2v) is 4.34. The zero-order chi connectivity index (χ0) is 11.4. The number of ether oxygens (including phenoxy) is 1. The monoisotopic (exact) mass is 201 g/mol. The van der Waals surface area contributed by atoms with Crippen LogP contribution in [0, 0.1) is 5.41 Å². The molecule has 0 rings (SSSR count). The molecule has 0 fully saturated rings. The summed E-state index contributed by atoms with van der Waals surface area (Å²) >= 11 is 0. The van der Waals surface area contributed by atoms with Gasteiger partial charge in [0.05, 0.1) is 13.2 Å². The van der Waals surface area contributed by atoms with Crippen LogP contribution in [0.1, 0.15) is 33.6 Å². The Kier molecular flexibility index (Phi) is 4.77. The number of esters is 1.